The van der Waals surface area contributed by atoms with Crippen LogP contribution in [0.3, 0.4) is 0 Å². The standard InChI is InChI=1S/C18H17Cl2N3O5/c1-10(28-15-8-3-11(19)9-14(15)20)16(24)22-23-18(26)17(25)21-12-4-6-13(27-2)7-5-12/h3-10H,1-2H3,(H,21,25)(H,22,24)(H,23,26)/t10-/m0/s1. The molecule has 0 aliphatic carbocycles. The van der Waals surface area contributed by atoms with Crippen molar-refractivity contribution in [1.82, 2.24) is 10.9 Å². The second-order valence-electron chi connectivity index (χ2n) is 5.46. The van der Waals surface area contributed by atoms with E-state index in [-0.39, 0.29) is 10.8 Å². The molecule has 0 spiro atoms. The zero-order chi connectivity index (χ0) is 20.7. The molecule has 0 saturated heterocycles. The van der Waals surface area contributed by atoms with Crippen LogP contribution in [-0.4, -0.2) is 30.9 Å². The van der Waals surface area contributed by atoms with E-state index < -0.39 is 23.8 Å². The molecule has 8 nitrogen and oxygen atoms in total. The summed E-state index contributed by atoms with van der Waals surface area (Å²) in [5, 5.41) is 3.03. The first-order valence-electron chi connectivity index (χ1n) is 7.97. The maximum absolute atomic E-state index is 12.0. The van der Waals surface area contributed by atoms with E-state index in [0.717, 1.165) is 0 Å². The molecule has 2 rings (SSSR count). The lowest BCUT2D eigenvalue weighted by Gasteiger charge is -2.16. The van der Waals surface area contributed by atoms with Crippen molar-refractivity contribution in [3.63, 3.8) is 0 Å². The van der Waals surface area contributed by atoms with E-state index in [1.807, 2.05) is 5.43 Å². The second-order valence-corrected chi connectivity index (χ2v) is 6.30. The summed E-state index contributed by atoms with van der Waals surface area (Å²) in [6.07, 6.45) is -0.997. The average molecular weight is 426 g/mol. The van der Waals surface area contributed by atoms with Gasteiger partial charge in [0, 0.05) is 10.7 Å². The van der Waals surface area contributed by atoms with Gasteiger partial charge in [-0.1, -0.05) is 23.2 Å². The first-order chi connectivity index (χ1) is 13.3. The van der Waals surface area contributed by atoms with E-state index in [0.29, 0.717) is 16.5 Å². The predicted molar refractivity (Wildman–Crippen MR) is 104 cm³/mol. The quantitative estimate of drug-likeness (QED) is 0.504. The molecule has 3 N–H and O–H groups in total. The SMILES string of the molecule is COc1ccc(NC(=O)C(=O)NNC(=O)[C@H](C)Oc2ccc(Cl)cc2Cl)cc1. The summed E-state index contributed by atoms with van der Waals surface area (Å²) in [6.45, 7) is 1.45. The first-order valence-corrected chi connectivity index (χ1v) is 8.72. The van der Waals surface area contributed by atoms with E-state index in [9.17, 15) is 14.4 Å². The number of hydrazine groups is 1. The lowest BCUT2D eigenvalue weighted by atomic mass is 10.3. The molecule has 10 heteroatoms. The summed E-state index contributed by atoms with van der Waals surface area (Å²) < 4.78 is 10.4. The van der Waals surface area contributed by atoms with Crippen molar-refractivity contribution in [3.05, 3.63) is 52.5 Å². The molecule has 28 heavy (non-hydrogen) atoms. The summed E-state index contributed by atoms with van der Waals surface area (Å²) in [4.78, 5) is 35.7. The average Bonchev–Trinajstić information content (AvgIpc) is 2.68. The Labute approximate surface area is 171 Å². The monoisotopic (exact) mass is 425 g/mol. The van der Waals surface area contributed by atoms with Crippen LogP contribution < -0.4 is 25.6 Å². The summed E-state index contributed by atoms with van der Waals surface area (Å²) >= 11 is 11.8. The van der Waals surface area contributed by atoms with Gasteiger partial charge in [-0.3, -0.25) is 25.2 Å². The molecule has 1 atom stereocenters. The van der Waals surface area contributed by atoms with Crippen LogP contribution in [0.15, 0.2) is 42.5 Å². The van der Waals surface area contributed by atoms with Gasteiger partial charge in [0.2, 0.25) is 0 Å². The maximum Gasteiger partial charge on any atom is 0.328 e. The summed E-state index contributed by atoms with van der Waals surface area (Å²) in [5.41, 5.74) is 4.50. The van der Waals surface area contributed by atoms with Gasteiger partial charge < -0.3 is 14.8 Å². The van der Waals surface area contributed by atoms with E-state index in [2.05, 4.69) is 10.7 Å². The molecule has 0 fully saturated rings. The molecule has 0 saturated carbocycles. The van der Waals surface area contributed by atoms with Crippen molar-refractivity contribution in [2.24, 2.45) is 0 Å². The van der Waals surface area contributed by atoms with Gasteiger partial charge in [-0.2, -0.15) is 0 Å². The minimum Gasteiger partial charge on any atom is -0.497 e. The van der Waals surface area contributed by atoms with Gasteiger partial charge in [-0.25, -0.2) is 0 Å². The second kappa shape index (κ2) is 9.82. The number of benzene rings is 2. The largest absolute Gasteiger partial charge is 0.497 e. The zero-order valence-electron chi connectivity index (χ0n) is 14.9. The number of anilines is 1. The van der Waals surface area contributed by atoms with Gasteiger partial charge >= 0.3 is 11.8 Å². The third-order valence-corrected chi connectivity index (χ3v) is 3.95. The Kier molecular flexibility index (Phi) is 7.48. The highest BCUT2D eigenvalue weighted by Crippen LogP contribution is 2.28. The van der Waals surface area contributed by atoms with Gasteiger partial charge in [0.15, 0.2) is 6.10 Å². The Morgan fingerprint density at radius 2 is 1.64 bits per heavy atom. The molecular weight excluding hydrogens is 409 g/mol. The van der Waals surface area contributed by atoms with E-state index in [1.54, 1.807) is 30.3 Å². The Bertz CT molecular complexity index is 874. The number of nitrogens with one attached hydrogen (secondary N) is 3. The minimum absolute atomic E-state index is 0.232. The number of ether oxygens (including phenoxy) is 2. The normalized spacial score (nSPS) is 11.1. The molecule has 0 aliphatic heterocycles. The van der Waals surface area contributed by atoms with Crippen LogP contribution >= 0.6 is 23.2 Å². The number of halogens is 2. The third-order valence-electron chi connectivity index (χ3n) is 3.42. The zero-order valence-corrected chi connectivity index (χ0v) is 16.4. The van der Waals surface area contributed by atoms with Crippen LogP contribution in [0, 0.1) is 0 Å². The molecule has 2 aromatic carbocycles. The highest BCUT2D eigenvalue weighted by Gasteiger charge is 2.19. The van der Waals surface area contributed by atoms with Crippen LogP contribution in [0.4, 0.5) is 5.69 Å². The molecule has 0 heterocycles. The number of hydrogen-bond donors (Lipinski definition) is 3. The van der Waals surface area contributed by atoms with Crippen molar-refractivity contribution in [2.45, 2.75) is 13.0 Å². The van der Waals surface area contributed by atoms with Gasteiger partial charge in [-0.15, -0.1) is 0 Å². The van der Waals surface area contributed by atoms with Gasteiger partial charge in [0.1, 0.15) is 11.5 Å². The van der Waals surface area contributed by atoms with Gasteiger partial charge in [0.25, 0.3) is 5.91 Å². The van der Waals surface area contributed by atoms with E-state index in [1.165, 1.54) is 26.2 Å². The Hall–Kier alpha value is -2.97. The number of carbonyl (C=O) groups is 3. The van der Waals surface area contributed by atoms with Crippen molar-refractivity contribution in [1.29, 1.82) is 0 Å². The Morgan fingerprint density at radius 1 is 0.964 bits per heavy atom. The predicted octanol–water partition coefficient (Wildman–Crippen LogP) is 2.56. The third kappa shape index (κ3) is 6.04. The molecule has 0 aliphatic rings. The van der Waals surface area contributed by atoms with E-state index in [4.69, 9.17) is 32.7 Å². The molecular formula is C18H17Cl2N3O5. The highest BCUT2D eigenvalue weighted by molar-refractivity contribution is 6.39. The van der Waals surface area contributed by atoms with Crippen LogP contribution in [0.25, 0.3) is 0 Å². The fourth-order valence-corrected chi connectivity index (χ4v) is 2.41. The molecule has 3 amide bonds. The smallest absolute Gasteiger partial charge is 0.328 e. The van der Waals surface area contributed by atoms with E-state index >= 15 is 0 Å². The summed E-state index contributed by atoms with van der Waals surface area (Å²) in [5.74, 6) is -1.85. The fourth-order valence-electron chi connectivity index (χ4n) is 1.95. The van der Waals surface area contributed by atoms with Crippen LogP contribution in [-0.2, 0) is 14.4 Å². The summed E-state index contributed by atoms with van der Waals surface area (Å²) in [7, 11) is 1.51. The number of amides is 3. The van der Waals surface area contributed by atoms with Crippen LogP contribution in [0.2, 0.25) is 10.0 Å². The molecule has 148 valence electrons. The Morgan fingerprint density at radius 3 is 2.25 bits per heavy atom. The number of hydrogen-bond acceptors (Lipinski definition) is 5. The van der Waals surface area contributed by atoms with Crippen molar-refractivity contribution in [3.8, 4) is 11.5 Å². The Balaban J connectivity index is 1.83. The molecule has 0 bridgehead atoms. The number of methoxy groups -OCH3 is 1. The number of rotatable bonds is 5. The van der Waals surface area contributed by atoms with Gasteiger partial charge in [0.05, 0.1) is 12.1 Å². The minimum atomic E-state index is -1.05. The van der Waals surface area contributed by atoms with Crippen LogP contribution in [0.1, 0.15) is 6.92 Å². The summed E-state index contributed by atoms with van der Waals surface area (Å²) in [6, 6.07) is 10.9. The molecule has 0 radical (unpaired) electrons. The van der Waals surface area contributed by atoms with Gasteiger partial charge in [-0.05, 0) is 49.4 Å². The van der Waals surface area contributed by atoms with Crippen molar-refractivity contribution < 1.29 is 23.9 Å². The van der Waals surface area contributed by atoms with Crippen LogP contribution in [0.5, 0.6) is 11.5 Å². The highest BCUT2D eigenvalue weighted by atomic mass is 35.5. The lowest BCUT2D eigenvalue weighted by Crippen LogP contribution is -2.50. The fraction of sp³-hybridized carbons (Fsp3) is 0.167. The molecule has 0 unspecified atom stereocenters. The lowest BCUT2D eigenvalue weighted by molar-refractivity contribution is -0.139. The molecule has 0 aromatic heterocycles. The first kappa shape index (κ1) is 21.3. The van der Waals surface area contributed by atoms with Crippen molar-refractivity contribution in [2.75, 3.05) is 12.4 Å². The van der Waals surface area contributed by atoms with Crippen molar-refractivity contribution >= 4 is 46.6 Å². The number of carbonyl (C=O) groups excluding carboxylic acids is 3. The molecule has 2 aromatic rings. The maximum atomic E-state index is 12.0. The topological polar surface area (TPSA) is 106 Å².